The summed E-state index contributed by atoms with van der Waals surface area (Å²) in [6.07, 6.45) is 2.76. The van der Waals surface area contributed by atoms with Crippen LogP contribution in [0.25, 0.3) is 0 Å². The Hall–Kier alpha value is -2.10. The van der Waals surface area contributed by atoms with Crippen molar-refractivity contribution in [3.63, 3.8) is 0 Å². The number of hydrogen-bond acceptors (Lipinski definition) is 3. The van der Waals surface area contributed by atoms with E-state index < -0.39 is 11.9 Å². The van der Waals surface area contributed by atoms with E-state index in [0.717, 1.165) is 18.1 Å². The van der Waals surface area contributed by atoms with Gasteiger partial charge in [0.2, 0.25) is 5.91 Å². The van der Waals surface area contributed by atoms with Crippen molar-refractivity contribution < 1.29 is 14.7 Å². The maximum Gasteiger partial charge on any atom is 0.244 e. The van der Waals surface area contributed by atoms with Crippen LogP contribution >= 0.6 is 0 Å². The van der Waals surface area contributed by atoms with E-state index in [2.05, 4.69) is 31.3 Å². The van der Waals surface area contributed by atoms with Crippen molar-refractivity contribution in [3.05, 3.63) is 47.5 Å². The number of rotatable bonds is 6. The first-order valence-corrected chi connectivity index (χ1v) is 6.73. The van der Waals surface area contributed by atoms with Crippen LogP contribution in [0, 0.1) is 0 Å². The molecule has 0 bridgehead atoms. The fraction of sp³-hybridized carbons (Fsp3) is 0.375. The summed E-state index contributed by atoms with van der Waals surface area (Å²) in [4.78, 5) is 21.7. The molecule has 0 fully saturated rings. The van der Waals surface area contributed by atoms with E-state index in [4.69, 9.17) is 0 Å². The molecule has 1 aromatic carbocycles. The van der Waals surface area contributed by atoms with Crippen LogP contribution in [0.15, 0.2) is 36.4 Å². The first-order chi connectivity index (χ1) is 9.43. The minimum atomic E-state index is -1.38. The van der Waals surface area contributed by atoms with Crippen LogP contribution in [-0.4, -0.2) is 11.9 Å². The van der Waals surface area contributed by atoms with Gasteiger partial charge in [0.15, 0.2) is 0 Å². The van der Waals surface area contributed by atoms with Gasteiger partial charge in [-0.3, -0.25) is 4.79 Å². The molecular formula is C16H20NO3-. The van der Waals surface area contributed by atoms with E-state index in [1.54, 1.807) is 0 Å². The molecule has 4 heteroatoms. The highest BCUT2D eigenvalue weighted by Gasteiger charge is 2.08. The summed E-state index contributed by atoms with van der Waals surface area (Å²) in [5.74, 6) is -1.32. The molecule has 0 spiro atoms. The number of nitrogens with one attached hydrogen (secondary N) is 1. The number of amides is 1. The Kier molecular flexibility index (Phi) is 5.97. The van der Waals surface area contributed by atoms with Gasteiger partial charge in [-0.1, -0.05) is 38.1 Å². The van der Waals surface area contributed by atoms with Gasteiger partial charge < -0.3 is 15.2 Å². The standard InChI is InChI=1S/C16H21NO3/c1-4-11(2)13-5-7-14(8-6-13)12(3)17-15(18)9-10-16(19)20/h5-12H,4H2,1-3H3,(H,17,18)(H,19,20)/p-1/t11-,12+/m1/s1. The highest BCUT2D eigenvalue weighted by atomic mass is 16.4. The van der Waals surface area contributed by atoms with Gasteiger partial charge in [0.05, 0.1) is 12.0 Å². The van der Waals surface area contributed by atoms with E-state index in [1.165, 1.54) is 5.56 Å². The second kappa shape index (κ2) is 7.48. The largest absolute Gasteiger partial charge is 0.545 e. The van der Waals surface area contributed by atoms with Crippen molar-refractivity contribution in [3.8, 4) is 0 Å². The fourth-order valence-corrected chi connectivity index (χ4v) is 1.84. The first kappa shape index (κ1) is 16.0. The molecule has 0 radical (unpaired) electrons. The second-order valence-electron chi connectivity index (χ2n) is 4.86. The van der Waals surface area contributed by atoms with E-state index >= 15 is 0 Å². The number of hydrogen-bond donors (Lipinski definition) is 1. The zero-order valence-electron chi connectivity index (χ0n) is 12.1. The van der Waals surface area contributed by atoms with E-state index in [-0.39, 0.29) is 6.04 Å². The normalized spacial score (nSPS) is 13.9. The van der Waals surface area contributed by atoms with Crippen molar-refractivity contribution in [2.75, 3.05) is 0 Å². The van der Waals surface area contributed by atoms with Crippen LogP contribution in [0.4, 0.5) is 0 Å². The third kappa shape index (κ3) is 4.88. The summed E-state index contributed by atoms with van der Waals surface area (Å²) in [5, 5.41) is 12.9. The van der Waals surface area contributed by atoms with Crippen molar-refractivity contribution >= 4 is 11.9 Å². The van der Waals surface area contributed by atoms with E-state index in [1.807, 2.05) is 19.1 Å². The molecule has 4 nitrogen and oxygen atoms in total. The smallest absolute Gasteiger partial charge is 0.244 e. The molecule has 1 N–H and O–H groups in total. The van der Waals surface area contributed by atoms with Crippen molar-refractivity contribution in [1.82, 2.24) is 5.32 Å². The lowest BCUT2D eigenvalue weighted by atomic mass is 9.96. The van der Waals surface area contributed by atoms with Crippen LogP contribution in [0.1, 0.15) is 50.3 Å². The number of carbonyl (C=O) groups excluding carboxylic acids is 2. The lowest BCUT2D eigenvalue weighted by Gasteiger charge is -2.15. The summed E-state index contributed by atoms with van der Waals surface area (Å²) in [6, 6.07) is 7.90. The van der Waals surface area contributed by atoms with Crippen LogP contribution in [0.3, 0.4) is 0 Å². The minimum absolute atomic E-state index is 0.181. The third-order valence-corrected chi connectivity index (χ3v) is 3.35. The zero-order valence-corrected chi connectivity index (χ0v) is 12.1. The molecule has 0 aromatic heterocycles. The molecule has 2 atom stereocenters. The van der Waals surface area contributed by atoms with Gasteiger partial charge in [0, 0.05) is 6.08 Å². The summed E-state index contributed by atoms with van der Waals surface area (Å²) in [5.41, 5.74) is 2.25. The van der Waals surface area contributed by atoms with Crippen LogP contribution in [0.5, 0.6) is 0 Å². The lowest BCUT2D eigenvalue weighted by molar-refractivity contribution is -0.297. The Balaban J connectivity index is 2.66. The van der Waals surface area contributed by atoms with Gasteiger partial charge in [-0.2, -0.15) is 0 Å². The predicted molar refractivity (Wildman–Crippen MR) is 75.9 cm³/mol. The van der Waals surface area contributed by atoms with Crippen molar-refractivity contribution in [2.45, 2.75) is 39.2 Å². The van der Waals surface area contributed by atoms with E-state index in [0.29, 0.717) is 12.0 Å². The molecule has 0 unspecified atom stereocenters. The Bertz CT molecular complexity index is 491. The van der Waals surface area contributed by atoms with Crippen molar-refractivity contribution in [1.29, 1.82) is 0 Å². The van der Waals surface area contributed by atoms with Crippen molar-refractivity contribution in [2.24, 2.45) is 0 Å². The molecule has 0 saturated carbocycles. The SMILES string of the molecule is CC[C@@H](C)c1ccc([C@H](C)NC(=O)C=CC(=O)[O-])cc1. The highest BCUT2D eigenvalue weighted by Crippen LogP contribution is 2.21. The molecule has 0 heterocycles. The molecule has 0 saturated heterocycles. The van der Waals surface area contributed by atoms with Gasteiger partial charge in [-0.25, -0.2) is 0 Å². The Morgan fingerprint density at radius 3 is 2.20 bits per heavy atom. The molecule has 0 aliphatic rings. The van der Waals surface area contributed by atoms with Crippen LogP contribution in [-0.2, 0) is 9.59 Å². The summed E-state index contributed by atoms with van der Waals surface area (Å²) in [6.45, 7) is 6.17. The third-order valence-electron chi connectivity index (χ3n) is 3.35. The summed E-state index contributed by atoms with van der Waals surface area (Å²) in [7, 11) is 0. The Morgan fingerprint density at radius 1 is 1.15 bits per heavy atom. The molecular weight excluding hydrogens is 254 g/mol. The van der Waals surface area contributed by atoms with Crippen LogP contribution < -0.4 is 10.4 Å². The average Bonchev–Trinajstić information content (AvgIpc) is 2.44. The van der Waals surface area contributed by atoms with E-state index in [9.17, 15) is 14.7 Å². The van der Waals surface area contributed by atoms with Gasteiger partial charge in [-0.15, -0.1) is 0 Å². The molecule has 1 aromatic rings. The number of carbonyl (C=O) groups is 2. The first-order valence-electron chi connectivity index (χ1n) is 6.73. The number of benzene rings is 1. The molecule has 108 valence electrons. The number of carboxylic acid groups (broad SMARTS) is 1. The molecule has 1 rings (SSSR count). The zero-order chi connectivity index (χ0) is 15.1. The number of carboxylic acids is 1. The average molecular weight is 274 g/mol. The Labute approximate surface area is 119 Å². The Morgan fingerprint density at radius 2 is 1.70 bits per heavy atom. The quantitative estimate of drug-likeness (QED) is 0.802. The molecule has 0 aliphatic carbocycles. The van der Waals surface area contributed by atoms with Gasteiger partial charge in [0.25, 0.3) is 0 Å². The maximum absolute atomic E-state index is 11.5. The van der Waals surface area contributed by atoms with Crippen LogP contribution in [0.2, 0.25) is 0 Å². The fourth-order valence-electron chi connectivity index (χ4n) is 1.84. The maximum atomic E-state index is 11.5. The summed E-state index contributed by atoms with van der Waals surface area (Å²) < 4.78 is 0. The lowest BCUT2D eigenvalue weighted by Crippen LogP contribution is -2.26. The van der Waals surface area contributed by atoms with Gasteiger partial charge >= 0.3 is 0 Å². The number of aliphatic carboxylic acids is 1. The molecule has 0 aliphatic heterocycles. The summed E-state index contributed by atoms with van der Waals surface area (Å²) >= 11 is 0. The highest BCUT2D eigenvalue weighted by molar-refractivity contribution is 5.93. The minimum Gasteiger partial charge on any atom is -0.545 e. The van der Waals surface area contributed by atoms with Gasteiger partial charge in [0.1, 0.15) is 0 Å². The predicted octanol–water partition coefficient (Wildman–Crippen LogP) is 1.68. The topological polar surface area (TPSA) is 69.2 Å². The van der Waals surface area contributed by atoms with Gasteiger partial charge in [-0.05, 0) is 36.5 Å². The molecule has 20 heavy (non-hydrogen) atoms. The second-order valence-corrected chi connectivity index (χ2v) is 4.86. The molecule has 1 amide bonds. The monoisotopic (exact) mass is 274 g/mol.